The van der Waals surface area contributed by atoms with E-state index in [9.17, 15) is 0 Å². The van der Waals surface area contributed by atoms with Crippen LogP contribution >= 0.6 is 0 Å². The largest absolute Gasteiger partial charge is 0.342 e. The number of aromatic amines is 1. The zero-order valence-electron chi connectivity index (χ0n) is 9.73. The van der Waals surface area contributed by atoms with Crippen molar-refractivity contribution in [3.63, 3.8) is 0 Å². The Kier molecular flexibility index (Phi) is 2.44. The number of hydrogen-bond donors (Lipinski definition) is 2. The molecule has 0 aromatic carbocycles. The molecule has 1 fully saturated rings. The van der Waals surface area contributed by atoms with Crippen LogP contribution in [0.5, 0.6) is 0 Å². The second-order valence-electron chi connectivity index (χ2n) is 4.67. The van der Waals surface area contributed by atoms with E-state index < -0.39 is 0 Å². The van der Waals surface area contributed by atoms with Crippen LogP contribution in [0, 0.1) is 0 Å². The van der Waals surface area contributed by atoms with Gasteiger partial charge in [-0.2, -0.15) is 4.98 Å². The second kappa shape index (κ2) is 3.96. The molecule has 2 aromatic heterocycles. The highest BCUT2D eigenvalue weighted by Gasteiger charge is 2.34. The monoisotopic (exact) mass is 233 g/mol. The Bertz CT molecular complexity index is 484. The van der Waals surface area contributed by atoms with E-state index in [1.165, 1.54) is 0 Å². The Labute approximate surface area is 98.8 Å². The lowest BCUT2D eigenvalue weighted by Crippen LogP contribution is -2.37. The van der Waals surface area contributed by atoms with Gasteiger partial charge in [0.05, 0.1) is 0 Å². The Morgan fingerprint density at radius 1 is 1.35 bits per heavy atom. The van der Waals surface area contributed by atoms with Crippen LogP contribution < -0.4 is 5.32 Å². The molecular formula is C11H15N5O. The quantitative estimate of drug-likeness (QED) is 0.812. The first-order chi connectivity index (χ1) is 8.28. The van der Waals surface area contributed by atoms with Crippen molar-refractivity contribution < 1.29 is 4.52 Å². The van der Waals surface area contributed by atoms with Gasteiger partial charge in [-0.1, -0.05) is 12.1 Å². The highest BCUT2D eigenvalue weighted by molar-refractivity contribution is 5.41. The molecule has 0 unspecified atom stereocenters. The van der Waals surface area contributed by atoms with Crippen LogP contribution in [-0.2, 0) is 5.41 Å². The number of hydrogen-bond acceptors (Lipinski definition) is 5. The number of H-pyrrole nitrogens is 1. The average Bonchev–Trinajstić information content (AvgIpc) is 3.01. The zero-order valence-corrected chi connectivity index (χ0v) is 9.73. The highest BCUT2D eigenvalue weighted by Crippen LogP contribution is 2.32. The van der Waals surface area contributed by atoms with Crippen LogP contribution in [0.3, 0.4) is 0 Å². The highest BCUT2D eigenvalue weighted by atomic mass is 16.5. The van der Waals surface area contributed by atoms with Crippen LogP contribution in [0.1, 0.15) is 25.7 Å². The fourth-order valence-electron chi connectivity index (χ4n) is 2.14. The molecule has 0 saturated carbocycles. The molecule has 0 aliphatic carbocycles. The van der Waals surface area contributed by atoms with E-state index in [1.807, 2.05) is 0 Å². The van der Waals surface area contributed by atoms with Crippen molar-refractivity contribution in [2.45, 2.75) is 25.2 Å². The van der Waals surface area contributed by atoms with Crippen LogP contribution in [0.25, 0.3) is 11.6 Å². The Hall–Kier alpha value is -1.69. The Morgan fingerprint density at radius 3 is 2.88 bits per heavy atom. The fourth-order valence-corrected chi connectivity index (χ4v) is 2.14. The SMILES string of the molecule is CC1(c2nc(-c3ncc[nH]3)no2)CCNCC1. The van der Waals surface area contributed by atoms with Crippen LogP contribution in [0.2, 0.25) is 0 Å². The smallest absolute Gasteiger partial charge is 0.238 e. The van der Waals surface area contributed by atoms with Crippen LogP contribution in [0.15, 0.2) is 16.9 Å². The third-order valence-electron chi connectivity index (χ3n) is 3.36. The van der Waals surface area contributed by atoms with Gasteiger partial charge in [0.2, 0.25) is 11.7 Å². The Morgan fingerprint density at radius 2 is 2.18 bits per heavy atom. The molecular weight excluding hydrogens is 218 g/mol. The van der Waals surface area contributed by atoms with E-state index in [4.69, 9.17) is 4.52 Å². The summed E-state index contributed by atoms with van der Waals surface area (Å²) in [5, 5.41) is 7.31. The number of aromatic nitrogens is 4. The second-order valence-corrected chi connectivity index (χ2v) is 4.67. The number of imidazole rings is 1. The van der Waals surface area contributed by atoms with Crippen molar-refractivity contribution >= 4 is 0 Å². The first kappa shape index (κ1) is 10.5. The van der Waals surface area contributed by atoms with Gasteiger partial charge >= 0.3 is 0 Å². The summed E-state index contributed by atoms with van der Waals surface area (Å²) in [4.78, 5) is 11.5. The lowest BCUT2D eigenvalue weighted by Gasteiger charge is -2.30. The predicted molar refractivity (Wildman–Crippen MR) is 61.3 cm³/mol. The molecule has 0 bridgehead atoms. The van der Waals surface area contributed by atoms with Gasteiger partial charge in [-0.3, -0.25) is 0 Å². The molecule has 6 heteroatoms. The van der Waals surface area contributed by atoms with Crippen molar-refractivity contribution in [2.24, 2.45) is 0 Å². The molecule has 3 rings (SSSR count). The van der Waals surface area contributed by atoms with E-state index in [-0.39, 0.29) is 5.41 Å². The van der Waals surface area contributed by atoms with Crippen molar-refractivity contribution in [3.8, 4) is 11.6 Å². The first-order valence-corrected chi connectivity index (χ1v) is 5.83. The van der Waals surface area contributed by atoms with Crippen molar-refractivity contribution in [2.75, 3.05) is 13.1 Å². The summed E-state index contributed by atoms with van der Waals surface area (Å²) in [5.41, 5.74) is -0.0108. The predicted octanol–water partition coefficient (Wildman–Crippen LogP) is 1.10. The molecule has 3 heterocycles. The molecule has 1 saturated heterocycles. The maximum absolute atomic E-state index is 5.38. The molecule has 2 N–H and O–H groups in total. The van der Waals surface area contributed by atoms with Gasteiger partial charge in [-0.05, 0) is 25.9 Å². The van der Waals surface area contributed by atoms with Gasteiger partial charge in [0.25, 0.3) is 0 Å². The molecule has 90 valence electrons. The number of nitrogens with zero attached hydrogens (tertiary/aromatic N) is 3. The van der Waals surface area contributed by atoms with E-state index in [0.29, 0.717) is 17.5 Å². The molecule has 2 aromatic rings. The summed E-state index contributed by atoms with van der Waals surface area (Å²) in [6.45, 7) is 4.16. The summed E-state index contributed by atoms with van der Waals surface area (Å²) in [6.07, 6.45) is 5.47. The minimum Gasteiger partial charge on any atom is -0.342 e. The third-order valence-corrected chi connectivity index (χ3v) is 3.36. The van der Waals surface area contributed by atoms with Crippen molar-refractivity contribution in [1.82, 2.24) is 25.4 Å². The van der Waals surface area contributed by atoms with Gasteiger partial charge in [0, 0.05) is 17.8 Å². The van der Waals surface area contributed by atoms with E-state index in [1.54, 1.807) is 12.4 Å². The maximum atomic E-state index is 5.38. The van der Waals surface area contributed by atoms with E-state index in [0.717, 1.165) is 25.9 Å². The summed E-state index contributed by atoms with van der Waals surface area (Å²) in [7, 11) is 0. The normalized spacial score (nSPS) is 19.4. The number of piperidine rings is 1. The van der Waals surface area contributed by atoms with Crippen molar-refractivity contribution in [3.05, 3.63) is 18.3 Å². The van der Waals surface area contributed by atoms with Crippen LogP contribution in [0.4, 0.5) is 0 Å². The van der Waals surface area contributed by atoms with Gasteiger partial charge in [-0.15, -0.1) is 0 Å². The first-order valence-electron chi connectivity index (χ1n) is 5.83. The lowest BCUT2D eigenvalue weighted by molar-refractivity contribution is 0.241. The van der Waals surface area contributed by atoms with Crippen LogP contribution in [-0.4, -0.2) is 33.2 Å². The molecule has 17 heavy (non-hydrogen) atoms. The minimum atomic E-state index is -0.0108. The molecule has 6 nitrogen and oxygen atoms in total. The minimum absolute atomic E-state index is 0.0108. The molecule has 0 atom stereocenters. The third kappa shape index (κ3) is 1.84. The number of nitrogens with one attached hydrogen (secondary N) is 2. The Balaban J connectivity index is 1.89. The number of rotatable bonds is 2. The van der Waals surface area contributed by atoms with E-state index >= 15 is 0 Å². The molecule has 0 amide bonds. The topological polar surface area (TPSA) is 79.6 Å². The molecule has 1 aliphatic heterocycles. The van der Waals surface area contributed by atoms with Gasteiger partial charge < -0.3 is 14.8 Å². The van der Waals surface area contributed by atoms with Crippen molar-refractivity contribution in [1.29, 1.82) is 0 Å². The molecule has 1 aliphatic rings. The van der Waals surface area contributed by atoms with E-state index in [2.05, 4.69) is 32.3 Å². The fraction of sp³-hybridized carbons (Fsp3) is 0.545. The summed E-state index contributed by atoms with van der Waals surface area (Å²) in [5.74, 6) is 1.90. The summed E-state index contributed by atoms with van der Waals surface area (Å²) >= 11 is 0. The zero-order chi connectivity index (χ0) is 11.7. The summed E-state index contributed by atoms with van der Waals surface area (Å²) in [6, 6.07) is 0. The summed E-state index contributed by atoms with van der Waals surface area (Å²) < 4.78 is 5.38. The molecule has 0 spiro atoms. The van der Waals surface area contributed by atoms with Gasteiger partial charge in [-0.25, -0.2) is 4.98 Å². The standard InChI is InChI=1S/C11H15N5O/c1-11(2-4-12-5-3-11)10-15-9(16-17-10)8-13-6-7-14-8/h6-7,12H,2-5H2,1H3,(H,13,14). The molecule has 0 radical (unpaired) electrons. The van der Waals surface area contributed by atoms with Gasteiger partial charge in [0.1, 0.15) is 0 Å². The average molecular weight is 233 g/mol. The lowest BCUT2D eigenvalue weighted by atomic mass is 9.81. The maximum Gasteiger partial charge on any atom is 0.238 e. The van der Waals surface area contributed by atoms with Gasteiger partial charge in [0.15, 0.2) is 5.82 Å².